The number of rotatable bonds is 1. The van der Waals surface area contributed by atoms with Gasteiger partial charge in [-0.05, 0) is 57.1 Å². The van der Waals surface area contributed by atoms with Gasteiger partial charge in [0.2, 0.25) is 0 Å². The largest absolute Gasteiger partial charge is 0.399 e. The van der Waals surface area contributed by atoms with Gasteiger partial charge in [-0.25, -0.2) is 0 Å². The van der Waals surface area contributed by atoms with Crippen LogP contribution in [0.4, 0.5) is 11.4 Å². The molecule has 1 aromatic carbocycles. The highest BCUT2D eigenvalue weighted by Gasteiger charge is 2.12. The third-order valence-electron chi connectivity index (χ3n) is 3.50. The van der Waals surface area contributed by atoms with Gasteiger partial charge in [-0.1, -0.05) is 6.42 Å². The van der Waals surface area contributed by atoms with E-state index in [1.807, 2.05) is 6.07 Å². The van der Waals surface area contributed by atoms with Crippen LogP contribution >= 0.6 is 0 Å². The third kappa shape index (κ3) is 3.13. The zero-order chi connectivity index (χ0) is 12.3. The van der Waals surface area contributed by atoms with Crippen molar-refractivity contribution in [3.63, 3.8) is 0 Å². The van der Waals surface area contributed by atoms with Crippen LogP contribution in [0.25, 0.3) is 0 Å². The van der Waals surface area contributed by atoms with Crippen LogP contribution in [0.3, 0.4) is 0 Å². The van der Waals surface area contributed by atoms with E-state index < -0.39 is 0 Å². The fraction of sp³-hybridized carbons (Fsp3) is 0.571. The molecule has 0 bridgehead atoms. The molecule has 2 rings (SSSR count). The monoisotopic (exact) mass is 233 g/mol. The molecule has 3 nitrogen and oxygen atoms in total. The van der Waals surface area contributed by atoms with Crippen molar-refractivity contribution >= 4 is 11.4 Å². The Kier molecular flexibility index (Phi) is 3.89. The summed E-state index contributed by atoms with van der Waals surface area (Å²) in [7, 11) is 2.20. The summed E-state index contributed by atoms with van der Waals surface area (Å²) in [4.78, 5) is 4.84. The SMILES string of the molecule is Cc1cc(N2CCCCCN(C)C2)ccc1N. The Morgan fingerprint density at radius 2 is 1.88 bits per heavy atom. The lowest BCUT2D eigenvalue weighted by atomic mass is 10.1. The Labute approximate surface area is 104 Å². The highest BCUT2D eigenvalue weighted by Crippen LogP contribution is 2.22. The zero-order valence-electron chi connectivity index (χ0n) is 10.9. The fourth-order valence-electron chi connectivity index (χ4n) is 2.36. The minimum atomic E-state index is 0.883. The van der Waals surface area contributed by atoms with Gasteiger partial charge in [0.25, 0.3) is 0 Å². The van der Waals surface area contributed by atoms with Gasteiger partial charge in [-0.15, -0.1) is 0 Å². The molecule has 3 heteroatoms. The Balaban J connectivity index is 2.15. The van der Waals surface area contributed by atoms with Crippen molar-refractivity contribution in [2.24, 2.45) is 0 Å². The zero-order valence-corrected chi connectivity index (χ0v) is 10.9. The maximum Gasteiger partial charge on any atom is 0.0704 e. The van der Waals surface area contributed by atoms with E-state index in [1.54, 1.807) is 0 Å². The number of nitrogen functional groups attached to an aromatic ring is 1. The maximum absolute atomic E-state index is 5.87. The van der Waals surface area contributed by atoms with Gasteiger partial charge < -0.3 is 10.6 Å². The normalized spacial score (nSPS) is 18.8. The molecule has 2 N–H and O–H groups in total. The van der Waals surface area contributed by atoms with Crippen molar-refractivity contribution < 1.29 is 0 Å². The molecule has 1 aromatic rings. The van der Waals surface area contributed by atoms with Crippen LogP contribution in [0.2, 0.25) is 0 Å². The predicted molar refractivity (Wildman–Crippen MR) is 74.3 cm³/mol. The first-order valence-electron chi connectivity index (χ1n) is 6.46. The van der Waals surface area contributed by atoms with E-state index in [-0.39, 0.29) is 0 Å². The van der Waals surface area contributed by atoms with Gasteiger partial charge in [-0.2, -0.15) is 0 Å². The van der Waals surface area contributed by atoms with Crippen LogP contribution in [0.5, 0.6) is 0 Å². The quantitative estimate of drug-likeness (QED) is 0.756. The van der Waals surface area contributed by atoms with Gasteiger partial charge >= 0.3 is 0 Å². The van der Waals surface area contributed by atoms with Crippen molar-refractivity contribution in [2.75, 3.05) is 37.4 Å². The van der Waals surface area contributed by atoms with E-state index in [0.717, 1.165) is 18.9 Å². The number of anilines is 2. The molecular formula is C14H23N3. The predicted octanol–water partition coefficient (Wildman–Crippen LogP) is 2.46. The first-order valence-corrected chi connectivity index (χ1v) is 6.46. The molecule has 1 heterocycles. The summed E-state index contributed by atoms with van der Waals surface area (Å²) in [6.45, 7) is 5.44. The summed E-state index contributed by atoms with van der Waals surface area (Å²) in [6.07, 6.45) is 3.94. The van der Waals surface area contributed by atoms with E-state index in [9.17, 15) is 0 Å². The number of hydrogen-bond acceptors (Lipinski definition) is 3. The van der Waals surface area contributed by atoms with Crippen molar-refractivity contribution in [3.05, 3.63) is 23.8 Å². The first kappa shape index (κ1) is 12.2. The minimum Gasteiger partial charge on any atom is -0.399 e. The number of nitrogens with two attached hydrogens (primary N) is 1. The summed E-state index contributed by atoms with van der Waals surface area (Å²) < 4.78 is 0. The molecule has 1 saturated heterocycles. The van der Waals surface area contributed by atoms with Crippen LogP contribution in [0, 0.1) is 6.92 Å². The van der Waals surface area contributed by atoms with Crippen molar-refractivity contribution in [3.8, 4) is 0 Å². The second-order valence-corrected chi connectivity index (χ2v) is 5.09. The maximum atomic E-state index is 5.87. The molecule has 0 radical (unpaired) electrons. The number of hydrogen-bond donors (Lipinski definition) is 1. The number of aryl methyl sites for hydroxylation is 1. The summed E-state index contributed by atoms with van der Waals surface area (Å²) in [5.74, 6) is 0. The van der Waals surface area contributed by atoms with Crippen molar-refractivity contribution in [1.82, 2.24) is 4.90 Å². The molecule has 0 amide bonds. The molecular weight excluding hydrogens is 210 g/mol. The lowest BCUT2D eigenvalue weighted by molar-refractivity contribution is 0.306. The molecule has 17 heavy (non-hydrogen) atoms. The minimum absolute atomic E-state index is 0.883. The van der Waals surface area contributed by atoms with E-state index >= 15 is 0 Å². The van der Waals surface area contributed by atoms with Crippen LogP contribution in [-0.4, -0.2) is 31.7 Å². The lowest BCUT2D eigenvalue weighted by Crippen LogP contribution is -2.38. The molecule has 94 valence electrons. The summed E-state index contributed by atoms with van der Waals surface area (Å²) in [6, 6.07) is 6.35. The molecule has 1 aliphatic rings. The van der Waals surface area contributed by atoms with Crippen LogP contribution in [0.1, 0.15) is 24.8 Å². The molecule has 0 aromatic heterocycles. The van der Waals surface area contributed by atoms with E-state index in [4.69, 9.17) is 5.73 Å². The molecule has 0 unspecified atom stereocenters. The standard InChI is InChI=1S/C14H23N3/c1-12-10-13(6-7-14(12)15)17-9-5-3-4-8-16(2)11-17/h6-7,10H,3-5,8-9,11,15H2,1-2H3. The molecule has 1 aliphatic heterocycles. The van der Waals surface area contributed by atoms with Crippen molar-refractivity contribution in [2.45, 2.75) is 26.2 Å². The van der Waals surface area contributed by atoms with Crippen LogP contribution in [-0.2, 0) is 0 Å². The molecule has 1 fully saturated rings. The number of nitrogens with zero attached hydrogens (tertiary/aromatic N) is 2. The average Bonchev–Trinajstić information content (AvgIpc) is 2.27. The summed E-state index contributed by atoms with van der Waals surface area (Å²) in [5.41, 5.74) is 9.23. The third-order valence-corrected chi connectivity index (χ3v) is 3.50. The van der Waals surface area contributed by atoms with Gasteiger partial charge in [0.15, 0.2) is 0 Å². The van der Waals surface area contributed by atoms with E-state index in [2.05, 4.69) is 35.9 Å². The second kappa shape index (κ2) is 5.41. The Hall–Kier alpha value is -1.22. The second-order valence-electron chi connectivity index (χ2n) is 5.09. The Morgan fingerprint density at radius 1 is 1.12 bits per heavy atom. The molecule has 0 saturated carbocycles. The summed E-state index contributed by atoms with van der Waals surface area (Å²) >= 11 is 0. The lowest BCUT2D eigenvalue weighted by Gasteiger charge is -2.32. The Bertz CT molecular complexity index is 376. The summed E-state index contributed by atoms with van der Waals surface area (Å²) in [5, 5.41) is 0. The highest BCUT2D eigenvalue weighted by atomic mass is 15.3. The first-order chi connectivity index (χ1) is 8.16. The average molecular weight is 233 g/mol. The Morgan fingerprint density at radius 3 is 2.65 bits per heavy atom. The van der Waals surface area contributed by atoms with E-state index in [1.165, 1.54) is 37.1 Å². The number of benzene rings is 1. The van der Waals surface area contributed by atoms with Crippen molar-refractivity contribution in [1.29, 1.82) is 0 Å². The molecule has 0 spiro atoms. The van der Waals surface area contributed by atoms with Gasteiger partial charge in [0.1, 0.15) is 0 Å². The van der Waals surface area contributed by atoms with E-state index in [0.29, 0.717) is 0 Å². The molecule has 0 aliphatic carbocycles. The van der Waals surface area contributed by atoms with Crippen LogP contribution < -0.4 is 10.6 Å². The molecule has 0 atom stereocenters. The smallest absolute Gasteiger partial charge is 0.0704 e. The van der Waals surface area contributed by atoms with Gasteiger partial charge in [0.05, 0.1) is 6.67 Å². The van der Waals surface area contributed by atoms with Gasteiger partial charge in [0, 0.05) is 17.9 Å². The van der Waals surface area contributed by atoms with Crippen LogP contribution in [0.15, 0.2) is 18.2 Å². The fourth-order valence-corrected chi connectivity index (χ4v) is 2.36. The highest BCUT2D eigenvalue weighted by molar-refractivity contribution is 5.58. The topological polar surface area (TPSA) is 32.5 Å². The van der Waals surface area contributed by atoms with Gasteiger partial charge in [-0.3, -0.25) is 4.90 Å².